The van der Waals surface area contributed by atoms with Crippen molar-refractivity contribution in [2.24, 2.45) is 5.10 Å². The third-order valence-electron chi connectivity index (χ3n) is 3.32. The maximum Gasteiger partial charge on any atom is 0.272 e. The molecule has 0 aliphatic heterocycles. The van der Waals surface area contributed by atoms with Crippen LogP contribution >= 0.6 is 11.6 Å². The van der Waals surface area contributed by atoms with E-state index < -0.39 is 0 Å². The topological polar surface area (TPSA) is 54.4 Å². The minimum absolute atomic E-state index is 0.273. The number of benzene rings is 2. The predicted octanol–water partition coefficient (Wildman–Crippen LogP) is 3.96. The molecule has 0 fully saturated rings. The largest absolute Gasteiger partial charge is 0.272 e. The number of carbonyl (C=O) groups excluding carboxylic acids is 1. The summed E-state index contributed by atoms with van der Waals surface area (Å²) in [5.74, 6) is -0.273. The van der Waals surface area contributed by atoms with Crippen LogP contribution in [-0.2, 0) is 0 Å². The summed E-state index contributed by atoms with van der Waals surface area (Å²) in [4.78, 5) is 16.8. The number of hydrogen-bond donors (Lipinski definition) is 1. The molecular formula is C18H14ClN3O. The number of rotatable bonds is 3. The smallest absolute Gasteiger partial charge is 0.267 e. The van der Waals surface area contributed by atoms with Gasteiger partial charge in [0.05, 0.1) is 17.3 Å². The van der Waals surface area contributed by atoms with E-state index in [4.69, 9.17) is 11.6 Å². The fraction of sp³-hybridized carbons (Fsp3) is 0.0556. The number of carbonyl (C=O) groups is 1. The molecule has 114 valence electrons. The highest BCUT2D eigenvalue weighted by atomic mass is 35.5. The molecule has 0 radical (unpaired) electrons. The maximum atomic E-state index is 12.4. The molecule has 0 spiro atoms. The highest BCUT2D eigenvalue weighted by Gasteiger charge is 2.10. The first kappa shape index (κ1) is 15.2. The molecule has 0 atom stereocenters. The number of nitrogens with zero attached hydrogens (tertiary/aromatic N) is 2. The third kappa shape index (κ3) is 3.55. The summed E-state index contributed by atoms with van der Waals surface area (Å²) in [6, 6.07) is 16.5. The molecule has 0 aliphatic carbocycles. The lowest BCUT2D eigenvalue weighted by atomic mass is 10.1. The van der Waals surface area contributed by atoms with Gasteiger partial charge < -0.3 is 0 Å². The Morgan fingerprint density at radius 2 is 2.00 bits per heavy atom. The molecule has 3 aromatic rings. The fourth-order valence-corrected chi connectivity index (χ4v) is 2.51. The SMILES string of the molecule is Cc1cc(C(=O)N/N=C/c2cccc(Cl)c2)c2ccccc2n1. The average molecular weight is 324 g/mol. The molecule has 5 heteroatoms. The molecule has 0 bridgehead atoms. The number of halogens is 1. The van der Waals surface area contributed by atoms with E-state index in [1.54, 1.807) is 24.4 Å². The number of pyridine rings is 1. The molecule has 1 amide bonds. The van der Waals surface area contributed by atoms with Gasteiger partial charge in [-0.15, -0.1) is 0 Å². The molecule has 1 N–H and O–H groups in total. The Morgan fingerprint density at radius 3 is 2.83 bits per heavy atom. The summed E-state index contributed by atoms with van der Waals surface area (Å²) >= 11 is 5.91. The monoisotopic (exact) mass is 323 g/mol. The molecule has 2 aromatic carbocycles. The Labute approximate surface area is 138 Å². The molecule has 4 nitrogen and oxygen atoms in total. The number of fused-ring (bicyclic) bond motifs is 1. The highest BCUT2D eigenvalue weighted by molar-refractivity contribution is 6.30. The van der Waals surface area contributed by atoms with Crippen molar-refractivity contribution in [3.05, 3.63) is 76.4 Å². The first-order valence-electron chi connectivity index (χ1n) is 7.09. The standard InChI is InChI=1S/C18H14ClN3O/c1-12-9-16(15-7-2-3-8-17(15)21-12)18(23)22-20-11-13-5-4-6-14(19)10-13/h2-11H,1H3,(H,22,23)/b20-11+. The lowest BCUT2D eigenvalue weighted by Gasteiger charge is -2.06. The second-order valence-corrected chi connectivity index (χ2v) is 5.52. The van der Waals surface area contributed by atoms with Crippen LogP contribution in [0.4, 0.5) is 0 Å². The van der Waals surface area contributed by atoms with E-state index in [0.29, 0.717) is 10.6 Å². The second-order valence-electron chi connectivity index (χ2n) is 5.08. The molecule has 1 aromatic heterocycles. The van der Waals surface area contributed by atoms with Gasteiger partial charge in [0, 0.05) is 16.1 Å². The molecule has 1 heterocycles. The van der Waals surface area contributed by atoms with Crippen molar-refractivity contribution in [3.8, 4) is 0 Å². The quantitative estimate of drug-likeness (QED) is 0.586. The minimum Gasteiger partial charge on any atom is -0.267 e. The Kier molecular flexibility index (Phi) is 4.35. The van der Waals surface area contributed by atoms with Crippen LogP contribution in [-0.4, -0.2) is 17.1 Å². The predicted molar refractivity (Wildman–Crippen MR) is 93.0 cm³/mol. The summed E-state index contributed by atoms with van der Waals surface area (Å²) in [6.07, 6.45) is 1.56. The summed E-state index contributed by atoms with van der Waals surface area (Å²) in [7, 11) is 0. The van der Waals surface area contributed by atoms with E-state index in [1.165, 1.54) is 0 Å². The molecule has 0 saturated heterocycles. The number of hydrazone groups is 1. The van der Waals surface area contributed by atoms with Gasteiger partial charge in [0.25, 0.3) is 5.91 Å². The van der Waals surface area contributed by atoms with Gasteiger partial charge in [-0.25, -0.2) is 5.43 Å². The van der Waals surface area contributed by atoms with E-state index in [9.17, 15) is 4.79 Å². The summed E-state index contributed by atoms with van der Waals surface area (Å²) in [5.41, 5.74) is 5.48. The Balaban J connectivity index is 1.84. The minimum atomic E-state index is -0.273. The summed E-state index contributed by atoms with van der Waals surface area (Å²) < 4.78 is 0. The second kappa shape index (κ2) is 6.58. The number of hydrogen-bond acceptors (Lipinski definition) is 3. The van der Waals surface area contributed by atoms with E-state index in [-0.39, 0.29) is 5.91 Å². The van der Waals surface area contributed by atoms with Crippen LogP contribution in [0, 0.1) is 6.92 Å². The number of aryl methyl sites for hydroxylation is 1. The van der Waals surface area contributed by atoms with Crippen LogP contribution in [0.5, 0.6) is 0 Å². The maximum absolute atomic E-state index is 12.4. The van der Waals surface area contributed by atoms with Crippen LogP contribution in [0.25, 0.3) is 10.9 Å². The lowest BCUT2D eigenvalue weighted by molar-refractivity contribution is 0.0956. The van der Waals surface area contributed by atoms with Crippen LogP contribution in [0.1, 0.15) is 21.6 Å². The first-order valence-corrected chi connectivity index (χ1v) is 7.46. The van der Waals surface area contributed by atoms with Crippen molar-refractivity contribution in [2.75, 3.05) is 0 Å². The van der Waals surface area contributed by atoms with Crippen molar-refractivity contribution in [3.63, 3.8) is 0 Å². The van der Waals surface area contributed by atoms with Crippen LogP contribution in [0.3, 0.4) is 0 Å². The van der Waals surface area contributed by atoms with Gasteiger partial charge >= 0.3 is 0 Å². The average Bonchev–Trinajstić information content (AvgIpc) is 2.54. The first-order chi connectivity index (χ1) is 11.1. The Bertz CT molecular complexity index is 906. The summed E-state index contributed by atoms with van der Waals surface area (Å²) in [6.45, 7) is 1.86. The number of aromatic nitrogens is 1. The van der Waals surface area contributed by atoms with Crippen molar-refractivity contribution >= 4 is 34.6 Å². The van der Waals surface area contributed by atoms with Gasteiger partial charge in [0.2, 0.25) is 0 Å². The van der Waals surface area contributed by atoms with Crippen molar-refractivity contribution in [1.29, 1.82) is 0 Å². The zero-order chi connectivity index (χ0) is 16.2. The zero-order valence-corrected chi connectivity index (χ0v) is 13.2. The van der Waals surface area contributed by atoms with Gasteiger partial charge in [0.15, 0.2) is 0 Å². The van der Waals surface area contributed by atoms with Gasteiger partial charge in [-0.2, -0.15) is 5.10 Å². The van der Waals surface area contributed by atoms with E-state index >= 15 is 0 Å². The molecule has 0 saturated carbocycles. The molecule has 0 aliphatic rings. The van der Waals surface area contributed by atoms with Crippen molar-refractivity contribution in [1.82, 2.24) is 10.4 Å². The summed E-state index contributed by atoms with van der Waals surface area (Å²) in [5, 5.41) is 5.41. The van der Waals surface area contributed by atoms with E-state index in [1.807, 2.05) is 43.3 Å². The van der Waals surface area contributed by atoms with Crippen molar-refractivity contribution in [2.45, 2.75) is 6.92 Å². The van der Waals surface area contributed by atoms with Crippen LogP contribution in [0.2, 0.25) is 5.02 Å². The zero-order valence-electron chi connectivity index (χ0n) is 12.5. The van der Waals surface area contributed by atoms with Crippen molar-refractivity contribution < 1.29 is 4.79 Å². The number of nitrogens with one attached hydrogen (secondary N) is 1. The molecule has 23 heavy (non-hydrogen) atoms. The van der Waals surface area contributed by atoms with Gasteiger partial charge in [-0.05, 0) is 36.8 Å². The van der Waals surface area contributed by atoms with E-state index in [0.717, 1.165) is 22.2 Å². The Hall–Kier alpha value is -2.72. The molecule has 0 unspecified atom stereocenters. The molecule has 3 rings (SSSR count). The van der Waals surface area contributed by atoms with Gasteiger partial charge in [-0.1, -0.05) is 41.9 Å². The number of amides is 1. The molecular weight excluding hydrogens is 310 g/mol. The lowest BCUT2D eigenvalue weighted by Crippen LogP contribution is -2.18. The normalized spacial score (nSPS) is 11.0. The fourth-order valence-electron chi connectivity index (χ4n) is 2.31. The third-order valence-corrected chi connectivity index (χ3v) is 3.55. The van der Waals surface area contributed by atoms with Gasteiger partial charge in [0.1, 0.15) is 0 Å². The van der Waals surface area contributed by atoms with E-state index in [2.05, 4.69) is 15.5 Å². The van der Waals surface area contributed by atoms with Crippen LogP contribution in [0.15, 0.2) is 59.7 Å². The van der Waals surface area contributed by atoms with Gasteiger partial charge in [-0.3, -0.25) is 9.78 Å². The Morgan fingerprint density at radius 1 is 1.17 bits per heavy atom. The number of para-hydroxylation sites is 1. The van der Waals surface area contributed by atoms with Crippen LogP contribution < -0.4 is 5.43 Å². The highest BCUT2D eigenvalue weighted by Crippen LogP contribution is 2.18.